The van der Waals surface area contributed by atoms with Gasteiger partial charge in [0, 0.05) is 11.6 Å². The van der Waals surface area contributed by atoms with Crippen LogP contribution in [0.3, 0.4) is 0 Å². The van der Waals surface area contributed by atoms with Crippen molar-refractivity contribution in [2.75, 3.05) is 0 Å². The summed E-state index contributed by atoms with van der Waals surface area (Å²) in [5.74, 6) is -0.560. The summed E-state index contributed by atoms with van der Waals surface area (Å²) in [6, 6.07) is 0. The van der Waals surface area contributed by atoms with Crippen molar-refractivity contribution >= 4 is 17.5 Å². The predicted molar refractivity (Wildman–Crippen MR) is 60.6 cm³/mol. The number of amides is 2. The van der Waals surface area contributed by atoms with Gasteiger partial charge in [-0.3, -0.25) is 9.59 Å². The van der Waals surface area contributed by atoms with Gasteiger partial charge in [0.05, 0.1) is 5.92 Å². The van der Waals surface area contributed by atoms with E-state index >= 15 is 0 Å². The van der Waals surface area contributed by atoms with Crippen LogP contribution in [-0.2, 0) is 9.59 Å². The first-order valence-electron chi connectivity index (χ1n) is 5.58. The Morgan fingerprint density at radius 3 is 2.69 bits per heavy atom. The van der Waals surface area contributed by atoms with E-state index in [1.165, 1.54) is 0 Å². The second kappa shape index (κ2) is 3.85. The molecule has 1 aliphatic heterocycles. The van der Waals surface area contributed by atoms with Crippen molar-refractivity contribution in [3.05, 3.63) is 12.2 Å². The van der Waals surface area contributed by atoms with Crippen LogP contribution in [-0.4, -0.2) is 22.5 Å². The first-order valence-corrected chi connectivity index (χ1v) is 5.58. The number of hydrazone groups is 1. The molecule has 2 aliphatic rings. The zero-order valence-electron chi connectivity index (χ0n) is 9.69. The number of nitrogens with zero attached hydrogens (tertiary/aromatic N) is 2. The number of hydrogen-bond donors (Lipinski definition) is 0. The highest BCUT2D eigenvalue weighted by atomic mass is 16.2. The van der Waals surface area contributed by atoms with E-state index < -0.39 is 0 Å². The van der Waals surface area contributed by atoms with E-state index in [2.05, 4.69) is 11.7 Å². The third kappa shape index (κ3) is 1.92. The van der Waals surface area contributed by atoms with E-state index in [1.54, 1.807) is 6.92 Å². The van der Waals surface area contributed by atoms with Crippen molar-refractivity contribution in [2.45, 2.75) is 33.1 Å². The molecule has 0 spiro atoms. The van der Waals surface area contributed by atoms with Crippen LogP contribution in [0.2, 0.25) is 0 Å². The summed E-state index contributed by atoms with van der Waals surface area (Å²) in [6.45, 7) is 7.47. The van der Waals surface area contributed by atoms with Crippen molar-refractivity contribution < 1.29 is 9.59 Å². The molecule has 1 atom stereocenters. The molecule has 86 valence electrons. The fourth-order valence-corrected chi connectivity index (χ4v) is 1.85. The lowest BCUT2D eigenvalue weighted by molar-refractivity contribution is -0.145. The summed E-state index contributed by atoms with van der Waals surface area (Å²) < 4.78 is 0. The molecule has 4 heteroatoms. The number of imide groups is 1. The van der Waals surface area contributed by atoms with Crippen LogP contribution in [0.25, 0.3) is 0 Å². The molecule has 1 unspecified atom stereocenters. The van der Waals surface area contributed by atoms with Crippen molar-refractivity contribution in [3.8, 4) is 0 Å². The van der Waals surface area contributed by atoms with Gasteiger partial charge in [0.2, 0.25) is 0 Å². The molecule has 16 heavy (non-hydrogen) atoms. The molecule has 1 fully saturated rings. The average Bonchev–Trinajstić information content (AvgIpc) is 3.00. The highest BCUT2D eigenvalue weighted by Gasteiger charge is 2.42. The number of carbonyl (C=O) groups excluding carboxylic acids is 2. The van der Waals surface area contributed by atoms with Gasteiger partial charge in [-0.2, -0.15) is 10.1 Å². The Labute approximate surface area is 95.0 Å². The van der Waals surface area contributed by atoms with E-state index in [0.29, 0.717) is 6.42 Å². The average molecular weight is 220 g/mol. The van der Waals surface area contributed by atoms with E-state index in [-0.39, 0.29) is 23.7 Å². The predicted octanol–water partition coefficient (Wildman–Crippen LogP) is 1.72. The van der Waals surface area contributed by atoms with Gasteiger partial charge in [0.1, 0.15) is 0 Å². The van der Waals surface area contributed by atoms with Gasteiger partial charge in [0.25, 0.3) is 11.8 Å². The lowest BCUT2D eigenvalue weighted by atomic mass is 9.97. The highest BCUT2D eigenvalue weighted by Crippen LogP contribution is 2.33. The van der Waals surface area contributed by atoms with Crippen LogP contribution >= 0.6 is 0 Å². The Morgan fingerprint density at radius 1 is 1.56 bits per heavy atom. The van der Waals surface area contributed by atoms with Crippen molar-refractivity contribution in [2.24, 2.45) is 16.9 Å². The number of allylic oxidation sites excluding steroid dienone is 1. The monoisotopic (exact) mass is 220 g/mol. The van der Waals surface area contributed by atoms with E-state index in [9.17, 15) is 9.59 Å². The molecule has 0 N–H and O–H groups in total. The molecule has 0 saturated heterocycles. The normalized spacial score (nSPS) is 24.6. The molecule has 0 bridgehead atoms. The SMILES string of the molecule is C=C(C)CC1C(=O)N(C(=O)C2CC2)N=C1C. The maximum Gasteiger partial charge on any atom is 0.259 e. The summed E-state index contributed by atoms with van der Waals surface area (Å²) in [7, 11) is 0. The zero-order chi connectivity index (χ0) is 11.9. The van der Waals surface area contributed by atoms with Gasteiger partial charge in [-0.15, -0.1) is 6.58 Å². The van der Waals surface area contributed by atoms with Gasteiger partial charge in [-0.25, -0.2) is 0 Å². The molecule has 0 aromatic rings. The Hall–Kier alpha value is -1.45. The first-order chi connectivity index (χ1) is 7.50. The molecule has 0 aromatic carbocycles. The highest BCUT2D eigenvalue weighted by molar-refractivity contribution is 6.13. The maximum atomic E-state index is 12.0. The molecule has 1 saturated carbocycles. The van der Waals surface area contributed by atoms with E-state index in [1.807, 2.05) is 6.92 Å². The summed E-state index contributed by atoms with van der Waals surface area (Å²) in [4.78, 5) is 23.7. The molecule has 4 nitrogen and oxygen atoms in total. The molecule has 2 amide bonds. The van der Waals surface area contributed by atoms with Gasteiger partial charge in [-0.05, 0) is 33.1 Å². The Kier molecular flexibility index (Phi) is 2.66. The van der Waals surface area contributed by atoms with Crippen LogP contribution < -0.4 is 0 Å². The molecule has 0 aromatic heterocycles. The number of hydrogen-bond acceptors (Lipinski definition) is 3. The Balaban J connectivity index is 2.11. The van der Waals surface area contributed by atoms with E-state index in [0.717, 1.165) is 29.1 Å². The topological polar surface area (TPSA) is 49.7 Å². The van der Waals surface area contributed by atoms with Gasteiger partial charge in [0.15, 0.2) is 0 Å². The minimum Gasteiger partial charge on any atom is -0.272 e. The zero-order valence-corrected chi connectivity index (χ0v) is 9.69. The fraction of sp³-hybridized carbons (Fsp3) is 0.583. The second-order valence-corrected chi connectivity index (χ2v) is 4.72. The Bertz CT molecular complexity index is 394. The molecule has 1 heterocycles. The minimum absolute atomic E-state index is 0.0316. The molecular formula is C12H16N2O2. The summed E-state index contributed by atoms with van der Waals surface area (Å²) in [6.07, 6.45) is 2.37. The maximum absolute atomic E-state index is 12.0. The smallest absolute Gasteiger partial charge is 0.259 e. The molecule has 2 rings (SSSR count). The van der Waals surface area contributed by atoms with Crippen molar-refractivity contribution in [1.29, 1.82) is 0 Å². The third-order valence-electron chi connectivity index (χ3n) is 2.96. The third-order valence-corrected chi connectivity index (χ3v) is 2.96. The van der Waals surface area contributed by atoms with Gasteiger partial charge >= 0.3 is 0 Å². The van der Waals surface area contributed by atoms with Crippen LogP contribution in [0.5, 0.6) is 0 Å². The largest absolute Gasteiger partial charge is 0.272 e. The minimum atomic E-state index is -0.278. The quantitative estimate of drug-likeness (QED) is 0.537. The summed E-state index contributed by atoms with van der Waals surface area (Å²) in [5.41, 5.74) is 1.66. The van der Waals surface area contributed by atoms with Gasteiger partial charge < -0.3 is 0 Å². The molecule has 1 aliphatic carbocycles. The van der Waals surface area contributed by atoms with Crippen LogP contribution in [0.15, 0.2) is 17.3 Å². The number of rotatable bonds is 3. The fourth-order valence-electron chi connectivity index (χ4n) is 1.85. The summed E-state index contributed by atoms with van der Waals surface area (Å²) in [5, 5.41) is 5.14. The Morgan fingerprint density at radius 2 is 2.19 bits per heavy atom. The number of carbonyl (C=O) groups is 2. The van der Waals surface area contributed by atoms with Crippen LogP contribution in [0.4, 0.5) is 0 Å². The molecule has 0 radical (unpaired) electrons. The van der Waals surface area contributed by atoms with Gasteiger partial charge in [-0.1, -0.05) is 5.57 Å². The van der Waals surface area contributed by atoms with Crippen molar-refractivity contribution in [1.82, 2.24) is 5.01 Å². The van der Waals surface area contributed by atoms with Crippen LogP contribution in [0.1, 0.15) is 33.1 Å². The van der Waals surface area contributed by atoms with E-state index in [4.69, 9.17) is 0 Å². The lowest BCUT2D eigenvalue weighted by Gasteiger charge is -2.12. The van der Waals surface area contributed by atoms with Crippen LogP contribution in [0, 0.1) is 11.8 Å². The summed E-state index contributed by atoms with van der Waals surface area (Å²) >= 11 is 0. The first kappa shape index (κ1) is 11.0. The standard InChI is InChI=1S/C12H16N2O2/c1-7(2)6-10-8(3)13-14(12(10)16)11(15)9-4-5-9/h9-10H,1,4-6H2,2-3H3. The van der Waals surface area contributed by atoms with Crippen molar-refractivity contribution in [3.63, 3.8) is 0 Å². The lowest BCUT2D eigenvalue weighted by Crippen LogP contribution is -2.33. The molecular weight excluding hydrogens is 204 g/mol. The second-order valence-electron chi connectivity index (χ2n) is 4.72.